The van der Waals surface area contributed by atoms with E-state index in [1.54, 1.807) is 12.1 Å². The average Bonchev–Trinajstić information content (AvgIpc) is 2.75. The van der Waals surface area contributed by atoms with Crippen LogP contribution in [-0.4, -0.2) is 19.3 Å². The van der Waals surface area contributed by atoms with E-state index < -0.39 is 15.9 Å². The van der Waals surface area contributed by atoms with Crippen molar-refractivity contribution in [3.05, 3.63) is 28.9 Å². The molecule has 1 saturated carbocycles. The number of nitrogens with two attached hydrogens (primary N) is 2. The molecule has 0 spiro atoms. The number of hydrogen-bond acceptors (Lipinski definition) is 3. The van der Waals surface area contributed by atoms with Gasteiger partial charge in [0, 0.05) is 15.9 Å². The maximum atomic E-state index is 11.5. The normalized spacial score (nSPS) is 15.0. The lowest BCUT2D eigenvalue weighted by molar-refractivity contribution is 0.0993. The second-order valence-electron chi connectivity index (χ2n) is 5.46. The number of halogens is 1. The topological polar surface area (TPSA) is 119 Å². The molecule has 1 amide bonds. The molecule has 0 saturated heterocycles. The van der Waals surface area contributed by atoms with Crippen LogP contribution in [0.25, 0.3) is 10.9 Å². The van der Waals surface area contributed by atoms with Gasteiger partial charge >= 0.3 is 0 Å². The van der Waals surface area contributed by atoms with Crippen molar-refractivity contribution in [2.45, 2.75) is 31.1 Å². The molecule has 22 heavy (non-hydrogen) atoms. The Morgan fingerprint density at radius 2 is 1.95 bits per heavy atom. The van der Waals surface area contributed by atoms with Crippen molar-refractivity contribution >= 4 is 38.4 Å². The van der Waals surface area contributed by atoms with Crippen molar-refractivity contribution in [3.63, 3.8) is 0 Å². The number of carbonyl (C=O) groups is 1. The Morgan fingerprint density at radius 3 is 2.36 bits per heavy atom. The molecule has 6 nitrogen and oxygen atoms in total. The van der Waals surface area contributed by atoms with Crippen LogP contribution in [0.4, 0.5) is 0 Å². The number of sulfonamides is 1. The first kappa shape index (κ1) is 16.8. The highest BCUT2D eigenvalue weighted by molar-refractivity contribution is 7.89. The van der Waals surface area contributed by atoms with Gasteiger partial charge in [0.1, 0.15) is 10.6 Å². The van der Waals surface area contributed by atoms with Crippen LogP contribution in [0.2, 0.25) is 5.02 Å². The monoisotopic (exact) mass is 343 g/mol. The largest absolute Gasteiger partial charge is 0.364 e. The van der Waals surface area contributed by atoms with Gasteiger partial charge in [0.2, 0.25) is 10.0 Å². The number of benzene rings is 1. The van der Waals surface area contributed by atoms with Crippen LogP contribution in [0.15, 0.2) is 23.1 Å². The van der Waals surface area contributed by atoms with Gasteiger partial charge in [0.05, 0.1) is 0 Å². The highest BCUT2D eigenvalue weighted by atomic mass is 35.5. The van der Waals surface area contributed by atoms with Crippen LogP contribution in [0, 0.1) is 5.92 Å². The minimum absolute atomic E-state index is 0.244. The number of aromatic amines is 1. The number of rotatable bonds is 2. The summed E-state index contributed by atoms with van der Waals surface area (Å²) in [4.78, 5) is 13.4. The molecule has 0 atom stereocenters. The van der Waals surface area contributed by atoms with Gasteiger partial charge in [-0.15, -0.1) is 0 Å². The number of carbonyl (C=O) groups excluding carboxylic acids is 1. The summed E-state index contributed by atoms with van der Waals surface area (Å²) in [5, 5.41) is 5.63. The number of H-pyrrole nitrogens is 1. The number of fused-ring (bicyclic) bond motifs is 1. The number of primary amides is 1. The summed E-state index contributed by atoms with van der Waals surface area (Å²) >= 11 is 5.76. The first-order valence-corrected chi connectivity index (χ1v) is 8.76. The summed E-state index contributed by atoms with van der Waals surface area (Å²) < 4.78 is 22.9. The highest BCUT2D eigenvalue weighted by Crippen LogP contribution is 2.28. The Labute approximate surface area is 133 Å². The van der Waals surface area contributed by atoms with E-state index >= 15 is 0 Å². The predicted molar refractivity (Wildman–Crippen MR) is 86.2 cm³/mol. The number of aromatic nitrogens is 1. The Kier molecular flexibility index (Phi) is 4.79. The molecule has 1 aromatic carbocycles. The number of amides is 1. The number of nitrogens with one attached hydrogen (secondary N) is 1. The van der Waals surface area contributed by atoms with Gasteiger partial charge < -0.3 is 10.7 Å². The third kappa shape index (κ3) is 3.60. The molecule has 0 aliphatic heterocycles. The fourth-order valence-electron chi connectivity index (χ4n) is 2.22. The maximum absolute atomic E-state index is 11.5. The SMILES string of the molecule is CC1CCC1.NC(=O)c1[nH]c2ccc(Cl)cc2c1S(N)(=O)=O. The fraction of sp³-hybridized carbons (Fsp3) is 0.357. The molecule has 0 radical (unpaired) electrons. The molecule has 1 heterocycles. The molecule has 5 N–H and O–H groups in total. The van der Waals surface area contributed by atoms with E-state index in [0.29, 0.717) is 10.5 Å². The van der Waals surface area contributed by atoms with E-state index in [2.05, 4.69) is 11.9 Å². The molecular formula is C14H18ClN3O3S. The van der Waals surface area contributed by atoms with Gasteiger partial charge in [-0.1, -0.05) is 37.8 Å². The maximum Gasteiger partial charge on any atom is 0.266 e. The van der Waals surface area contributed by atoms with Crippen molar-refractivity contribution in [1.29, 1.82) is 0 Å². The number of hydrogen-bond donors (Lipinski definition) is 3. The van der Waals surface area contributed by atoms with Crippen molar-refractivity contribution in [2.24, 2.45) is 16.8 Å². The molecular weight excluding hydrogens is 326 g/mol. The number of primary sulfonamides is 1. The van der Waals surface area contributed by atoms with E-state index in [0.717, 1.165) is 5.92 Å². The van der Waals surface area contributed by atoms with E-state index in [9.17, 15) is 13.2 Å². The summed E-state index contributed by atoms with van der Waals surface area (Å²) in [5.74, 6) is 0.163. The van der Waals surface area contributed by atoms with Crippen LogP contribution in [0.1, 0.15) is 36.7 Å². The lowest BCUT2D eigenvalue weighted by Gasteiger charge is -2.18. The van der Waals surface area contributed by atoms with Crippen molar-refractivity contribution in [3.8, 4) is 0 Å². The van der Waals surface area contributed by atoms with Gasteiger partial charge in [0.15, 0.2) is 0 Å². The molecule has 0 bridgehead atoms. The minimum atomic E-state index is -4.07. The Morgan fingerprint density at radius 1 is 1.36 bits per heavy atom. The van der Waals surface area contributed by atoms with Gasteiger partial charge in [-0.25, -0.2) is 13.6 Å². The van der Waals surface area contributed by atoms with E-state index in [-0.39, 0.29) is 16.0 Å². The summed E-state index contributed by atoms with van der Waals surface area (Å²) in [6.07, 6.45) is 4.46. The van der Waals surface area contributed by atoms with E-state index in [4.69, 9.17) is 22.5 Å². The first-order valence-electron chi connectivity index (χ1n) is 6.84. The van der Waals surface area contributed by atoms with Crippen molar-refractivity contribution in [1.82, 2.24) is 4.98 Å². The zero-order valence-electron chi connectivity index (χ0n) is 12.1. The lowest BCUT2D eigenvalue weighted by atomic mass is 9.88. The quantitative estimate of drug-likeness (QED) is 0.776. The Balaban J connectivity index is 0.000000299. The molecule has 1 aliphatic rings. The molecule has 0 unspecified atom stereocenters. The lowest BCUT2D eigenvalue weighted by Crippen LogP contribution is -2.19. The predicted octanol–water partition coefficient (Wildman–Crippen LogP) is 2.37. The van der Waals surface area contributed by atoms with Gasteiger partial charge in [-0.3, -0.25) is 4.79 Å². The van der Waals surface area contributed by atoms with E-state index in [1.165, 1.54) is 25.3 Å². The van der Waals surface area contributed by atoms with Crippen molar-refractivity contribution < 1.29 is 13.2 Å². The first-order chi connectivity index (χ1) is 10.2. The second kappa shape index (κ2) is 6.28. The van der Waals surface area contributed by atoms with E-state index in [1.807, 2.05) is 0 Å². The van der Waals surface area contributed by atoms with Crippen LogP contribution < -0.4 is 10.9 Å². The summed E-state index contributed by atoms with van der Waals surface area (Å²) in [6.45, 7) is 2.31. The van der Waals surface area contributed by atoms with Crippen LogP contribution >= 0.6 is 11.6 Å². The third-order valence-corrected chi connectivity index (χ3v) is 4.87. The molecule has 3 rings (SSSR count). The van der Waals surface area contributed by atoms with Crippen LogP contribution in [0.5, 0.6) is 0 Å². The molecule has 1 fully saturated rings. The van der Waals surface area contributed by atoms with Crippen molar-refractivity contribution in [2.75, 3.05) is 0 Å². The second-order valence-corrected chi connectivity index (χ2v) is 7.40. The Hall–Kier alpha value is -1.57. The zero-order valence-corrected chi connectivity index (χ0v) is 13.7. The minimum Gasteiger partial charge on any atom is -0.364 e. The smallest absolute Gasteiger partial charge is 0.266 e. The molecule has 2 aromatic rings. The van der Waals surface area contributed by atoms with Crippen LogP contribution in [0.3, 0.4) is 0 Å². The Bertz CT molecular complexity index is 810. The summed E-state index contributed by atoms with van der Waals surface area (Å²) in [6, 6.07) is 4.50. The third-order valence-electron chi connectivity index (χ3n) is 3.64. The van der Waals surface area contributed by atoms with Crippen LogP contribution in [-0.2, 0) is 10.0 Å². The van der Waals surface area contributed by atoms with Gasteiger partial charge in [-0.2, -0.15) is 0 Å². The van der Waals surface area contributed by atoms with Gasteiger partial charge in [0.25, 0.3) is 5.91 Å². The fourth-order valence-corrected chi connectivity index (χ4v) is 3.30. The standard InChI is InChI=1S/C9H8ClN3O3S.C5H10/c10-4-1-2-6-5(3-4)8(17(12,15)16)7(13-6)9(11)14;1-5-3-2-4-5/h1-3,13H,(H2,11,14)(H2,12,15,16);5H,2-4H2,1H3. The summed E-state index contributed by atoms with van der Waals surface area (Å²) in [5.41, 5.74) is 5.27. The average molecular weight is 344 g/mol. The molecule has 8 heteroatoms. The highest BCUT2D eigenvalue weighted by Gasteiger charge is 2.24. The molecule has 1 aromatic heterocycles. The van der Waals surface area contributed by atoms with Gasteiger partial charge in [-0.05, 0) is 24.1 Å². The molecule has 1 aliphatic carbocycles. The zero-order chi connectivity index (χ0) is 16.5. The molecule has 120 valence electrons. The summed E-state index contributed by atoms with van der Waals surface area (Å²) in [7, 11) is -4.07.